The molecule has 0 radical (unpaired) electrons. The number of nitrogens with two attached hydrogens (primary N) is 2. The molecule has 0 spiro atoms. The van der Waals surface area contributed by atoms with Gasteiger partial charge in [-0.1, -0.05) is 23.7 Å². The van der Waals surface area contributed by atoms with Crippen molar-refractivity contribution in [1.82, 2.24) is 5.32 Å². The molecular weight excluding hydrogens is 398 g/mol. The van der Waals surface area contributed by atoms with E-state index in [1.807, 2.05) is 4.40 Å². The molecule has 0 aliphatic carbocycles. The van der Waals surface area contributed by atoms with Gasteiger partial charge in [0.2, 0.25) is 0 Å². The fourth-order valence-corrected chi connectivity index (χ4v) is 3.26. The molecule has 0 aliphatic rings. The van der Waals surface area contributed by atoms with Crippen LogP contribution >= 0.6 is 23.8 Å². The maximum Gasteiger partial charge on any atom is 0.353 e. The second-order valence-corrected chi connectivity index (χ2v) is 7.47. The summed E-state index contributed by atoms with van der Waals surface area (Å²) in [5.41, 5.74) is 11.0. The molecule has 8 nitrogen and oxygen atoms in total. The lowest BCUT2D eigenvalue weighted by Crippen LogP contribution is -2.80. The molecule has 0 heterocycles. The van der Waals surface area contributed by atoms with Crippen molar-refractivity contribution in [3.8, 4) is 0 Å². The van der Waals surface area contributed by atoms with Gasteiger partial charge < -0.3 is 5.32 Å². The average Bonchev–Trinajstić information content (AvgIpc) is 2.54. The van der Waals surface area contributed by atoms with Crippen LogP contribution in [0.4, 0.5) is 5.69 Å². The molecule has 0 aromatic heterocycles. The van der Waals surface area contributed by atoms with Crippen molar-refractivity contribution in [3.63, 3.8) is 0 Å². The van der Waals surface area contributed by atoms with E-state index in [-0.39, 0.29) is 15.6 Å². The van der Waals surface area contributed by atoms with Crippen molar-refractivity contribution in [2.24, 2.45) is 11.5 Å². The van der Waals surface area contributed by atoms with Crippen LogP contribution < -0.4 is 26.5 Å². The fourth-order valence-electron chi connectivity index (χ4n) is 1.91. The summed E-state index contributed by atoms with van der Waals surface area (Å²) in [5, 5.41) is 5.58. The lowest BCUT2D eigenvalue weighted by molar-refractivity contribution is -0.270. The van der Waals surface area contributed by atoms with Crippen LogP contribution in [0.5, 0.6) is 0 Å². The van der Waals surface area contributed by atoms with E-state index in [2.05, 4.69) is 10.6 Å². The zero-order valence-corrected chi connectivity index (χ0v) is 15.6. The summed E-state index contributed by atoms with van der Waals surface area (Å²) in [6.07, 6.45) is 0. The molecule has 2 aromatic carbocycles. The highest BCUT2D eigenvalue weighted by Gasteiger charge is 2.15. The van der Waals surface area contributed by atoms with Gasteiger partial charge in [-0.2, -0.15) is 12.8 Å². The predicted octanol–water partition coefficient (Wildman–Crippen LogP) is -0.490. The van der Waals surface area contributed by atoms with Crippen LogP contribution in [0.25, 0.3) is 0 Å². The maximum atomic E-state index is 12.1. The fraction of sp³-hybridized carbons (Fsp3) is 0. The number of halogens is 1. The number of hydrogen-bond donors (Lipinski definition) is 5. The predicted molar refractivity (Wildman–Crippen MR) is 103 cm³/mol. The van der Waals surface area contributed by atoms with Gasteiger partial charge in [0, 0.05) is 5.69 Å². The van der Waals surface area contributed by atoms with Crippen LogP contribution in [0.1, 0.15) is 10.4 Å². The number of thiocarbonyl (C=S) groups is 1. The summed E-state index contributed by atoms with van der Waals surface area (Å²) in [6, 6.07) is 12.1. The lowest BCUT2D eigenvalue weighted by Gasteiger charge is -2.10. The van der Waals surface area contributed by atoms with Gasteiger partial charge in [0.1, 0.15) is 4.90 Å². The van der Waals surface area contributed by atoms with Crippen LogP contribution in [-0.4, -0.2) is 25.4 Å². The van der Waals surface area contributed by atoms with Gasteiger partial charge in [0.05, 0.1) is 10.6 Å². The minimum Gasteiger partial charge on any atom is -0.332 e. The molecule has 7 N–H and O–H groups in total. The molecule has 0 atom stereocenters. The van der Waals surface area contributed by atoms with E-state index in [9.17, 15) is 13.2 Å². The topological polar surface area (TPSA) is 141 Å². The zero-order chi connectivity index (χ0) is 19.3. The number of benzene rings is 2. The van der Waals surface area contributed by atoms with Crippen molar-refractivity contribution in [2.75, 3.05) is 5.32 Å². The van der Waals surface area contributed by atoms with Gasteiger partial charge >= 0.3 is 16.0 Å². The van der Waals surface area contributed by atoms with Crippen molar-refractivity contribution in [1.29, 1.82) is 0 Å². The van der Waals surface area contributed by atoms with E-state index in [0.717, 1.165) is 0 Å². The SMILES string of the molecule is NC(N)=[NH+]S(=O)(=O)c1ccc(NC(=S)NC(=O)c2ccccc2Cl)cc1. The normalized spacial score (nSPS) is 10.7. The van der Waals surface area contributed by atoms with E-state index < -0.39 is 21.9 Å². The average molecular weight is 413 g/mol. The second-order valence-electron chi connectivity index (χ2n) is 4.97. The first-order valence-corrected chi connectivity index (χ1v) is 9.33. The van der Waals surface area contributed by atoms with Crippen LogP contribution in [0.3, 0.4) is 0 Å². The summed E-state index contributed by atoms with van der Waals surface area (Å²) in [7, 11) is -3.85. The number of nitrogens with one attached hydrogen (secondary N) is 3. The van der Waals surface area contributed by atoms with Crippen molar-refractivity contribution < 1.29 is 17.6 Å². The number of anilines is 1. The van der Waals surface area contributed by atoms with Crippen LogP contribution in [0, 0.1) is 0 Å². The Morgan fingerprint density at radius 2 is 1.69 bits per heavy atom. The Hall–Kier alpha value is -2.69. The Bertz CT molecular complexity index is 971. The molecule has 26 heavy (non-hydrogen) atoms. The standard InChI is InChI=1S/C15H14ClN5O3S2/c16-12-4-2-1-3-11(12)13(22)20-15(25)19-9-5-7-10(8-6-9)26(23,24)21-14(17)18/h1-8H,(H4,17,18,21)(H2,19,20,22,25)/p+1. The molecule has 0 saturated heterocycles. The van der Waals surface area contributed by atoms with Gasteiger partial charge in [-0.3, -0.25) is 21.6 Å². The summed E-state index contributed by atoms with van der Waals surface area (Å²) in [4.78, 5) is 12.1. The molecule has 0 aliphatic heterocycles. The first-order valence-electron chi connectivity index (χ1n) is 7.06. The molecule has 0 fully saturated rings. The minimum absolute atomic E-state index is 0.0307. The number of rotatable bonds is 4. The monoisotopic (exact) mass is 412 g/mol. The second kappa shape index (κ2) is 8.13. The molecule has 0 saturated carbocycles. The van der Waals surface area contributed by atoms with Gasteiger partial charge in [-0.15, -0.1) is 0 Å². The van der Waals surface area contributed by atoms with Gasteiger partial charge in [-0.05, 0) is 48.6 Å². The lowest BCUT2D eigenvalue weighted by atomic mass is 10.2. The van der Waals surface area contributed by atoms with Crippen LogP contribution in [0.2, 0.25) is 5.02 Å². The molecule has 11 heteroatoms. The number of guanidine groups is 1. The van der Waals surface area contributed by atoms with Crippen LogP contribution in [-0.2, 0) is 10.0 Å². The van der Waals surface area contributed by atoms with E-state index in [0.29, 0.717) is 10.7 Å². The number of amides is 1. The Balaban J connectivity index is 2.05. The minimum atomic E-state index is -3.85. The zero-order valence-electron chi connectivity index (χ0n) is 13.2. The number of carbonyl (C=O) groups is 1. The van der Waals surface area contributed by atoms with Gasteiger partial charge in [0.15, 0.2) is 5.11 Å². The highest BCUT2D eigenvalue weighted by molar-refractivity contribution is 7.84. The molecule has 0 unspecified atom stereocenters. The van der Waals surface area contributed by atoms with Crippen molar-refractivity contribution in [2.45, 2.75) is 4.90 Å². The smallest absolute Gasteiger partial charge is 0.332 e. The number of hydrogen-bond acceptors (Lipinski definition) is 4. The number of sulfonamides is 1. The maximum absolute atomic E-state index is 12.1. The third-order valence-corrected chi connectivity index (χ3v) is 4.95. The van der Waals surface area contributed by atoms with E-state index in [4.69, 9.17) is 35.3 Å². The Labute approximate surface area is 160 Å². The Morgan fingerprint density at radius 1 is 1.08 bits per heavy atom. The molecule has 1 amide bonds. The van der Waals surface area contributed by atoms with E-state index in [1.165, 1.54) is 24.3 Å². The molecule has 136 valence electrons. The Morgan fingerprint density at radius 3 is 2.27 bits per heavy atom. The molecule has 2 rings (SSSR count). The van der Waals surface area contributed by atoms with E-state index in [1.54, 1.807) is 24.3 Å². The third kappa shape index (κ3) is 5.15. The molecule has 2 aromatic rings. The summed E-state index contributed by atoms with van der Waals surface area (Å²) >= 11 is 11.0. The first-order chi connectivity index (χ1) is 12.2. The summed E-state index contributed by atoms with van der Waals surface area (Å²) in [5.74, 6) is -0.902. The third-order valence-electron chi connectivity index (χ3n) is 3.02. The Kier molecular flexibility index (Phi) is 6.14. The van der Waals surface area contributed by atoms with Crippen molar-refractivity contribution in [3.05, 3.63) is 59.1 Å². The number of carbonyl (C=O) groups excluding carboxylic acids is 1. The highest BCUT2D eigenvalue weighted by Crippen LogP contribution is 2.15. The van der Waals surface area contributed by atoms with Gasteiger partial charge in [-0.25, -0.2) is 0 Å². The summed E-state index contributed by atoms with van der Waals surface area (Å²) in [6.45, 7) is 0. The molecule has 0 bridgehead atoms. The van der Waals surface area contributed by atoms with Crippen LogP contribution in [0.15, 0.2) is 53.4 Å². The summed E-state index contributed by atoms with van der Waals surface area (Å²) < 4.78 is 25.8. The van der Waals surface area contributed by atoms with E-state index >= 15 is 0 Å². The van der Waals surface area contributed by atoms with Gasteiger partial charge in [0.25, 0.3) is 5.91 Å². The molecular formula is C15H15ClN5O3S2+. The highest BCUT2D eigenvalue weighted by atomic mass is 35.5. The van der Waals surface area contributed by atoms with Crippen molar-refractivity contribution >= 4 is 56.5 Å². The largest absolute Gasteiger partial charge is 0.353 e. The quantitative estimate of drug-likeness (QED) is 0.259. The first kappa shape index (κ1) is 19.6.